The molecule has 4 aromatic rings. The first-order chi connectivity index (χ1) is 14.9. The van der Waals surface area contributed by atoms with Crippen molar-refractivity contribution in [3.63, 3.8) is 0 Å². The summed E-state index contributed by atoms with van der Waals surface area (Å²) in [5.74, 6) is 0.601. The molecule has 7 nitrogen and oxygen atoms in total. The molecule has 0 aliphatic carbocycles. The molecule has 7 heteroatoms. The van der Waals surface area contributed by atoms with Gasteiger partial charge in [-0.15, -0.1) is 0 Å². The molecule has 1 amide bonds. The zero-order valence-corrected chi connectivity index (χ0v) is 18.1. The number of hydrogen-bond acceptors (Lipinski definition) is 4. The van der Waals surface area contributed by atoms with Crippen LogP contribution in [0.4, 0.5) is 0 Å². The average molecular weight is 415 g/mol. The van der Waals surface area contributed by atoms with Gasteiger partial charge in [0.25, 0.3) is 5.91 Å². The molecule has 2 aromatic carbocycles. The van der Waals surface area contributed by atoms with E-state index < -0.39 is 0 Å². The molecule has 0 bridgehead atoms. The van der Waals surface area contributed by atoms with Gasteiger partial charge in [0, 0.05) is 44.2 Å². The summed E-state index contributed by atoms with van der Waals surface area (Å²) in [6.07, 6.45) is 5.46. The van der Waals surface area contributed by atoms with Gasteiger partial charge >= 0.3 is 0 Å². The standard InChI is InChI=1S/C24H25N5O2/c1-17-8-10-20(11-9-17)29-16-22(23(26-29)19-6-5-7-21(12-19)31-4)24(30)27(2)14-18-13-25-28(3)15-18/h5-13,15-16H,14H2,1-4H3. The van der Waals surface area contributed by atoms with E-state index in [0.29, 0.717) is 23.6 Å². The molecule has 0 atom stereocenters. The van der Waals surface area contributed by atoms with Crippen molar-refractivity contribution in [2.45, 2.75) is 13.5 Å². The zero-order chi connectivity index (χ0) is 22.0. The minimum absolute atomic E-state index is 0.111. The Kier molecular flexibility index (Phi) is 5.58. The fourth-order valence-electron chi connectivity index (χ4n) is 3.45. The first-order valence-corrected chi connectivity index (χ1v) is 9.98. The number of carbonyl (C=O) groups is 1. The molecule has 158 valence electrons. The van der Waals surface area contributed by atoms with Crippen LogP contribution in [0.2, 0.25) is 0 Å². The number of ether oxygens (including phenoxy) is 1. The Hall–Kier alpha value is -3.87. The second kappa shape index (κ2) is 8.47. The van der Waals surface area contributed by atoms with Crippen LogP contribution in [-0.2, 0) is 13.6 Å². The van der Waals surface area contributed by atoms with Gasteiger partial charge in [-0.1, -0.05) is 29.8 Å². The molecule has 0 unspecified atom stereocenters. The molecular weight excluding hydrogens is 390 g/mol. The lowest BCUT2D eigenvalue weighted by atomic mass is 10.1. The van der Waals surface area contributed by atoms with Crippen molar-refractivity contribution >= 4 is 5.91 Å². The molecule has 2 aromatic heterocycles. The highest BCUT2D eigenvalue weighted by atomic mass is 16.5. The lowest BCUT2D eigenvalue weighted by Gasteiger charge is -2.16. The van der Waals surface area contributed by atoms with Crippen LogP contribution in [0.3, 0.4) is 0 Å². The Balaban J connectivity index is 1.75. The Labute approximate surface area is 181 Å². The Morgan fingerprint density at radius 3 is 2.58 bits per heavy atom. The number of benzene rings is 2. The zero-order valence-electron chi connectivity index (χ0n) is 18.1. The smallest absolute Gasteiger partial charge is 0.257 e. The molecule has 0 N–H and O–H groups in total. The molecule has 0 radical (unpaired) electrons. The molecule has 0 saturated heterocycles. The first-order valence-electron chi connectivity index (χ1n) is 9.98. The summed E-state index contributed by atoms with van der Waals surface area (Å²) in [6, 6.07) is 15.6. The van der Waals surface area contributed by atoms with Crippen LogP contribution in [0.5, 0.6) is 5.75 Å². The maximum Gasteiger partial charge on any atom is 0.257 e. The van der Waals surface area contributed by atoms with Gasteiger partial charge in [-0.05, 0) is 31.2 Å². The number of aromatic nitrogens is 4. The lowest BCUT2D eigenvalue weighted by molar-refractivity contribution is 0.0786. The molecule has 0 saturated carbocycles. The van der Waals surface area contributed by atoms with Gasteiger partial charge < -0.3 is 9.64 Å². The highest BCUT2D eigenvalue weighted by molar-refractivity contribution is 5.99. The fraction of sp³-hybridized carbons (Fsp3) is 0.208. The molecule has 4 rings (SSSR count). The quantitative estimate of drug-likeness (QED) is 0.480. The van der Waals surface area contributed by atoms with Crippen molar-refractivity contribution in [3.8, 4) is 22.7 Å². The summed E-state index contributed by atoms with van der Waals surface area (Å²) in [6.45, 7) is 2.50. The van der Waals surface area contributed by atoms with Crippen LogP contribution in [0.1, 0.15) is 21.5 Å². The summed E-state index contributed by atoms with van der Waals surface area (Å²) < 4.78 is 8.85. The molecule has 31 heavy (non-hydrogen) atoms. The lowest BCUT2D eigenvalue weighted by Crippen LogP contribution is -2.26. The second-order valence-corrected chi connectivity index (χ2v) is 7.59. The molecule has 0 spiro atoms. The van der Waals surface area contributed by atoms with E-state index in [0.717, 1.165) is 22.4 Å². The maximum absolute atomic E-state index is 13.4. The van der Waals surface area contributed by atoms with E-state index in [4.69, 9.17) is 9.84 Å². The van der Waals surface area contributed by atoms with Gasteiger partial charge in [-0.2, -0.15) is 10.2 Å². The molecule has 0 aliphatic rings. The van der Waals surface area contributed by atoms with Crippen LogP contribution in [0, 0.1) is 6.92 Å². The maximum atomic E-state index is 13.4. The molecular formula is C24H25N5O2. The van der Waals surface area contributed by atoms with Gasteiger partial charge in [-0.25, -0.2) is 4.68 Å². The molecule has 0 fully saturated rings. The van der Waals surface area contributed by atoms with E-state index in [2.05, 4.69) is 5.10 Å². The van der Waals surface area contributed by atoms with Gasteiger partial charge in [0.05, 0.1) is 24.6 Å². The number of aryl methyl sites for hydroxylation is 2. The highest BCUT2D eigenvalue weighted by Gasteiger charge is 2.22. The number of carbonyl (C=O) groups excluding carboxylic acids is 1. The first kappa shape index (κ1) is 20.4. The average Bonchev–Trinajstić information content (AvgIpc) is 3.40. The van der Waals surface area contributed by atoms with Crippen LogP contribution < -0.4 is 4.74 Å². The third-order valence-electron chi connectivity index (χ3n) is 5.11. The number of hydrogen-bond donors (Lipinski definition) is 0. The Morgan fingerprint density at radius 1 is 1.13 bits per heavy atom. The fourth-order valence-corrected chi connectivity index (χ4v) is 3.45. The largest absolute Gasteiger partial charge is 0.497 e. The SMILES string of the molecule is COc1cccc(-c2nn(-c3ccc(C)cc3)cc2C(=O)N(C)Cc2cnn(C)c2)c1. The molecule has 2 heterocycles. The van der Waals surface area contributed by atoms with Crippen LogP contribution >= 0.6 is 0 Å². The summed E-state index contributed by atoms with van der Waals surface area (Å²) in [4.78, 5) is 15.1. The van der Waals surface area contributed by atoms with Gasteiger partial charge in [0.1, 0.15) is 11.4 Å². The van der Waals surface area contributed by atoms with Crippen molar-refractivity contribution in [1.82, 2.24) is 24.5 Å². The predicted molar refractivity (Wildman–Crippen MR) is 119 cm³/mol. The predicted octanol–water partition coefficient (Wildman–Crippen LogP) is 3.86. The normalized spacial score (nSPS) is 10.8. The van der Waals surface area contributed by atoms with Crippen LogP contribution in [-0.4, -0.2) is 44.5 Å². The monoisotopic (exact) mass is 415 g/mol. The van der Waals surface area contributed by atoms with E-state index >= 15 is 0 Å². The number of amides is 1. The van der Waals surface area contributed by atoms with Gasteiger partial charge in [-0.3, -0.25) is 9.48 Å². The minimum Gasteiger partial charge on any atom is -0.497 e. The van der Waals surface area contributed by atoms with E-state index in [1.54, 1.807) is 40.8 Å². The van der Waals surface area contributed by atoms with Crippen LogP contribution in [0.15, 0.2) is 67.1 Å². The van der Waals surface area contributed by atoms with Crippen molar-refractivity contribution in [2.75, 3.05) is 14.2 Å². The van der Waals surface area contributed by atoms with Crippen molar-refractivity contribution in [1.29, 1.82) is 0 Å². The van der Waals surface area contributed by atoms with E-state index in [9.17, 15) is 4.79 Å². The topological polar surface area (TPSA) is 65.2 Å². The third-order valence-corrected chi connectivity index (χ3v) is 5.11. The third kappa shape index (κ3) is 4.35. The van der Waals surface area contributed by atoms with E-state index in [1.807, 2.05) is 68.7 Å². The summed E-state index contributed by atoms with van der Waals surface area (Å²) in [7, 11) is 5.27. The van der Waals surface area contributed by atoms with Crippen LogP contribution in [0.25, 0.3) is 16.9 Å². The minimum atomic E-state index is -0.111. The van der Waals surface area contributed by atoms with Crippen molar-refractivity contribution in [3.05, 3.63) is 83.8 Å². The van der Waals surface area contributed by atoms with E-state index in [1.165, 1.54) is 0 Å². The summed E-state index contributed by atoms with van der Waals surface area (Å²) >= 11 is 0. The summed E-state index contributed by atoms with van der Waals surface area (Å²) in [5, 5.41) is 8.95. The number of methoxy groups -OCH3 is 1. The van der Waals surface area contributed by atoms with Crippen molar-refractivity contribution < 1.29 is 9.53 Å². The van der Waals surface area contributed by atoms with Gasteiger partial charge in [0.15, 0.2) is 0 Å². The Morgan fingerprint density at radius 2 is 1.90 bits per heavy atom. The van der Waals surface area contributed by atoms with Crippen molar-refractivity contribution in [2.24, 2.45) is 7.05 Å². The van der Waals surface area contributed by atoms with Gasteiger partial charge in [0.2, 0.25) is 0 Å². The molecule has 0 aliphatic heterocycles. The highest BCUT2D eigenvalue weighted by Crippen LogP contribution is 2.28. The number of rotatable bonds is 6. The number of nitrogens with zero attached hydrogens (tertiary/aromatic N) is 5. The second-order valence-electron chi connectivity index (χ2n) is 7.59. The Bertz CT molecular complexity index is 1210. The summed E-state index contributed by atoms with van der Waals surface area (Å²) in [5.41, 5.74) is 4.98. The van der Waals surface area contributed by atoms with E-state index in [-0.39, 0.29) is 5.91 Å².